The molecule has 2 heteroatoms. The predicted molar refractivity (Wildman–Crippen MR) is 83.7 cm³/mol. The van der Waals surface area contributed by atoms with E-state index >= 15 is 0 Å². The topological polar surface area (TPSA) is 8.29 Å². The highest BCUT2D eigenvalue weighted by atomic mass is 15.1. The summed E-state index contributed by atoms with van der Waals surface area (Å²) in [4.78, 5) is 0. The van der Waals surface area contributed by atoms with Crippen LogP contribution in [0.3, 0.4) is 0 Å². The Morgan fingerprint density at radius 3 is 2.71 bits per heavy atom. The summed E-state index contributed by atoms with van der Waals surface area (Å²) in [6, 6.07) is 13.6. The molecule has 0 fully saturated rings. The van der Waals surface area contributed by atoms with Crippen molar-refractivity contribution in [3.05, 3.63) is 59.4 Å². The van der Waals surface area contributed by atoms with E-state index in [1.165, 1.54) is 63.4 Å². The number of nitrogens with zero attached hydrogens (tertiary/aromatic N) is 2. The molecule has 21 heavy (non-hydrogen) atoms. The molecule has 4 heterocycles. The molecule has 0 atom stereocenters. The average Bonchev–Trinajstić information content (AvgIpc) is 2.97. The van der Waals surface area contributed by atoms with Crippen LogP contribution < -0.4 is 4.57 Å². The molecule has 2 aromatic carbocycles. The van der Waals surface area contributed by atoms with Crippen molar-refractivity contribution in [1.29, 1.82) is 0 Å². The van der Waals surface area contributed by atoms with Crippen LogP contribution >= 0.6 is 0 Å². The van der Waals surface area contributed by atoms with Crippen molar-refractivity contribution in [2.75, 3.05) is 0 Å². The number of fused-ring (bicyclic) bond motifs is 1. The fraction of sp³-hybridized carbons (Fsp3) is 0.211. The quantitative estimate of drug-likeness (QED) is 0.301. The Bertz CT molecular complexity index is 1090. The molecule has 0 spiro atoms. The summed E-state index contributed by atoms with van der Waals surface area (Å²) >= 11 is 0. The largest absolute Gasteiger partial charge is 0.295 e. The smallest absolute Gasteiger partial charge is 0.225 e. The third-order valence-electron chi connectivity index (χ3n) is 5.30. The van der Waals surface area contributed by atoms with Crippen molar-refractivity contribution >= 4 is 27.3 Å². The summed E-state index contributed by atoms with van der Waals surface area (Å²) in [5.41, 5.74) is 7.32. The van der Waals surface area contributed by atoms with Gasteiger partial charge in [-0.25, -0.2) is 4.57 Å². The Morgan fingerprint density at radius 1 is 0.905 bits per heavy atom. The molecule has 0 unspecified atom stereocenters. The van der Waals surface area contributed by atoms with Gasteiger partial charge in [-0.1, -0.05) is 36.4 Å². The van der Waals surface area contributed by atoms with Gasteiger partial charge in [-0.15, -0.1) is 0 Å². The zero-order valence-corrected chi connectivity index (χ0v) is 11.8. The van der Waals surface area contributed by atoms with Crippen LogP contribution in [0.5, 0.6) is 0 Å². The summed E-state index contributed by atoms with van der Waals surface area (Å²) in [6.45, 7) is 1.03. The highest BCUT2D eigenvalue weighted by Gasteiger charge is 2.31. The van der Waals surface area contributed by atoms with Gasteiger partial charge >= 0.3 is 0 Å². The zero-order valence-electron chi connectivity index (χ0n) is 11.8. The molecule has 2 aromatic heterocycles. The molecule has 0 bridgehead atoms. The van der Waals surface area contributed by atoms with E-state index < -0.39 is 0 Å². The number of imidazole rings is 1. The molecule has 6 rings (SSSR count). The van der Waals surface area contributed by atoms with Crippen molar-refractivity contribution in [3.8, 4) is 0 Å². The molecule has 100 valence electrons. The van der Waals surface area contributed by atoms with Crippen LogP contribution in [-0.4, -0.2) is 4.40 Å². The first-order chi connectivity index (χ1) is 10.4. The minimum Gasteiger partial charge on any atom is -0.225 e. The standard InChI is InChI=1S/C19H15N2/c1-4-12-5-2-9-16-15-8-3-6-13-10-20-11-14(7-1)21(18(12)16)19(20)17(13)15/h2-3,5-6,8-9,11H,1,4,7,10H2/q+1. The Kier molecular flexibility index (Phi) is 1.62. The van der Waals surface area contributed by atoms with Crippen molar-refractivity contribution in [2.45, 2.75) is 25.8 Å². The molecule has 4 aromatic rings. The fourth-order valence-corrected chi connectivity index (χ4v) is 4.50. The molecular formula is C19H15N2+. The Balaban J connectivity index is 2.09. The first-order valence-corrected chi connectivity index (χ1v) is 7.81. The summed E-state index contributed by atoms with van der Waals surface area (Å²) in [7, 11) is 0. The number of aryl methyl sites for hydroxylation is 2. The van der Waals surface area contributed by atoms with Crippen LogP contribution in [0.15, 0.2) is 42.6 Å². The molecule has 0 radical (unpaired) electrons. The van der Waals surface area contributed by atoms with Gasteiger partial charge in [-0.3, -0.25) is 0 Å². The van der Waals surface area contributed by atoms with Gasteiger partial charge in [-0.05, 0) is 12.8 Å². The van der Waals surface area contributed by atoms with Gasteiger partial charge in [0.05, 0.1) is 5.39 Å². The van der Waals surface area contributed by atoms with Crippen LogP contribution in [0.25, 0.3) is 27.3 Å². The number of hydrogen-bond donors (Lipinski definition) is 0. The monoisotopic (exact) mass is 271 g/mol. The van der Waals surface area contributed by atoms with E-state index in [1.807, 2.05) is 0 Å². The van der Waals surface area contributed by atoms with Crippen molar-refractivity contribution in [1.82, 2.24) is 4.40 Å². The van der Waals surface area contributed by atoms with Crippen molar-refractivity contribution in [3.63, 3.8) is 0 Å². The molecule has 0 saturated carbocycles. The molecule has 0 saturated heterocycles. The SMILES string of the molecule is c1cc2c3c(c1)c1cccc4c1n1c(c[n+](c31)C2)CCC4. The molecule has 2 nitrogen and oxygen atoms in total. The van der Waals surface area contributed by atoms with Crippen LogP contribution in [0, 0.1) is 0 Å². The number of hydrogen-bond acceptors (Lipinski definition) is 0. The molecule has 2 aliphatic rings. The summed E-state index contributed by atoms with van der Waals surface area (Å²) in [5, 5.41) is 4.31. The van der Waals surface area contributed by atoms with Gasteiger partial charge in [0.25, 0.3) is 5.65 Å². The minimum atomic E-state index is 1.03. The molecular weight excluding hydrogens is 256 g/mol. The van der Waals surface area contributed by atoms with Gasteiger partial charge in [0, 0.05) is 28.3 Å². The summed E-state index contributed by atoms with van der Waals surface area (Å²) in [5.74, 6) is 0. The number of rotatable bonds is 0. The van der Waals surface area contributed by atoms with Crippen LogP contribution in [0.1, 0.15) is 23.2 Å². The van der Waals surface area contributed by atoms with Gasteiger partial charge in [-0.2, -0.15) is 4.40 Å². The van der Waals surface area contributed by atoms with E-state index in [2.05, 4.69) is 51.6 Å². The van der Waals surface area contributed by atoms with Gasteiger partial charge < -0.3 is 0 Å². The highest BCUT2D eigenvalue weighted by Crippen LogP contribution is 2.37. The van der Waals surface area contributed by atoms with Gasteiger partial charge in [0.1, 0.15) is 24.0 Å². The first-order valence-electron chi connectivity index (χ1n) is 7.81. The van der Waals surface area contributed by atoms with Crippen LogP contribution in [0.2, 0.25) is 0 Å². The lowest BCUT2D eigenvalue weighted by molar-refractivity contribution is -0.657. The predicted octanol–water partition coefficient (Wildman–Crippen LogP) is 3.38. The third kappa shape index (κ3) is 1.07. The second-order valence-corrected chi connectivity index (χ2v) is 6.41. The third-order valence-corrected chi connectivity index (χ3v) is 5.30. The Labute approximate surface area is 122 Å². The zero-order chi connectivity index (χ0) is 13.6. The van der Waals surface area contributed by atoms with E-state index in [9.17, 15) is 0 Å². The highest BCUT2D eigenvalue weighted by molar-refractivity contribution is 6.13. The molecule has 0 amide bonds. The number of para-hydroxylation sites is 1. The lowest BCUT2D eigenvalue weighted by Gasteiger charge is -2.06. The second kappa shape index (κ2) is 3.28. The van der Waals surface area contributed by atoms with E-state index in [4.69, 9.17) is 0 Å². The minimum absolute atomic E-state index is 1.03. The van der Waals surface area contributed by atoms with Crippen LogP contribution in [-0.2, 0) is 19.4 Å². The van der Waals surface area contributed by atoms with Crippen molar-refractivity contribution < 1.29 is 4.57 Å². The Hall–Kier alpha value is -2.35. The van der Waals surface area contributed by atoms with E-state index in [-0.39, 0.29) is 0 Å². The first kappa shape index (κ1) is 10.4. The van der Waals surface area contributed by atoms with Gasteiger partial charge in [0.2, 0.25) is 0 Å². The molecule has 0 N–H and O–H groups in total. The lowest BCUT2D eigenvalue weighted by Crippen LogP contribution is -2.28. The maximum Gasteiger partial charge on any atom is 0.295 e. The molecule has 2 aliphatic heterocycles. The summed E-state index contributed by atoms with van der Waals surface area (Å²) < 4.78 is 5.00. The maximum absolute atomic E-state index is 2.55. The summed E-state index contributed by atoms with van der Waals surface area (Å²) in [6.07, 6.45) is 6.02. The fourth-order valence-electron chi connectivity index (χ4n) is 4.50. The van der Waals surface area contributed by atoms with Crippen molar-refractivity contribution in [2.24, 2.45) is 0 Å². The average molecular weight is 271 g/mol. The number of benzene rings is 2. The van der Waals surface area contributed by atoms with E-state index in [0.29, 0.717) is 0 Å². The normalized spacial score (nSPS) is 15.8. The van der Waals surface area contributed by atoms with Crippen LogP contribution in [0.4, 0.5) is 0 Å². The Morgan fingerprint density at radius 2 is 1.76 bits per heavy atom. The lowest BCUT2D eigenvalue weighted by atomic mass is 9.99. The number of pyridine rings is 1. The number of aromatic nitrogens is 2. The maximum atomic E-state index is 2.55. The second-order valence-electron chi connectivity index (χ2n) is 6.41. The van der Waals surface area contributed by atoms with E-state index in [1.54, 1.807) is 0 Å². The molecule has 0 aliphatic carbocycles. The van der Waals surface area contributed by atoms with Gasteiger partial charge in [0.15, 0.2) is 0 Å². The van der Waals surface area contributed by atoms with E-state index in [0.717, 1.165) is 6.54 Å².